The third-order valence-corrected chi connectivity index (χ3v) is 4.39. The van der Waals surface area contributed by atoms with Crippen LogP contribution in [0, 0.1) is 6.92 Å². The van der Waals surface area contributed by atoms with Gasteiger partial charge >= 0.3 is 0 Å². The molecular weight excluding hydrogens is 238 g/mol. The Labute approximate surface area is 115 Å². The first-order valence-electron chi connectivity index (χ1n) is 7.70. The number of ether oxygens (including phenoxy) is 1. The van der Waals surface area contributed by atoms with E-state index in [-0.39, 0.29) is 6.10 Å². The van der Waals surface area contributed by atoms with Gasteiger partial charge in [0.25, 0.3) is 0 Å². The molecular formula is C15H25N3O. The average molecular weight is 263 g/mol. The first-order chi connectivity index (χ1) is 9.33. The van der Waals surface area contributed by atoms with Gasteiger partial charge in [0.15, 0.2) is 0 Å². The number of aryl methyl sites for hydroxylation is 1. The van der Waals surface area contributed by atoms with E-state index >= 15 is 0 Å². The maximum atomic E-state index is 5.75. The Morgan fingerprint density at radius 2 is 2.11 bits per heavy atom. The average Bonchev–Trinajstić information content (AvgIpc) is 2.82. The molecule has 0 aromatic carbocycles. The number of H-pyrrole nitrogens is 1. The molecule has 1 aliphatic heterocycles. The number of morpholine rings is 1. The van der Waals surface area contributed by atoms with Crippen LogP contribution in [-0.2, 0) is 11.2 Å². The second-order valence-corrected chi connectivity index (χ2v) is 5.93. The second-order valence-electron chi connectivity index (χ2n) is 5.93. The summed E-state index contributed by atoms with van der Waals surface area (Å²) in [6, 6.07) is 0. The monoisotopic (exact) mass is 263 g/mol. The van der Waals surface area contributed by atoms with Crippen LogP contribution in [0.5, 0.6) is 0 Å². The van der Waals surface area contributed by atoms with Crippen LogP contribution in [0.2, 0.25) is 0 Å². The summed E-state index contributed by atoms with van der Waals surface area (Å²) in [5.74, 6) is 1.79. The van der Waals surface area contributed by atoms with Crippen molar-refractivity contribution in [2.45, 2.75) is 57.5 Å². The molecule has 4 heteroatoms. The fraction of sp³-hybridized carbons (Fsp3) is 0.800. The SMILES string of the molecule is Cc1[nH]c(CC2CNCCO2)nc1C1CCCCC1. The first kappa shape index (κ1) is 13.1. The molecule has 2 heterocycles. The van der Waals surface area contributed by atoms with Crippen molar-refractivity contribution in [3.05, 3.63) is 17.2 Å². The predicted molar refractivity (Wildman–Crippen MR) is 75.5 cm³/mol. The summed E-state index contributed by atoms with van der Waals surface area (Å²) in [5.41, 5.74) is 2.59. The predicted octanol–water partition coefficient (Wildman–Crippen LogP) is 2.30. The van der Waals surface area contributed by atoms with Crippen LogP contribution in [0.4, 0.5) is 0 Å². The Morgan fingerprint density at radius 3 is 2.84 bits per heavy atom. The largest absolute Gasteiger partial charge is 0.375 e. The van der Waals surface area contributed by atoms with E-state index in [4.69, 9.17) is 9.72 Å². The zero-order chi connectivity index (χ0) is 13.1. The summed E-state index contributed by atoms with van der Waals surface area (Å²) in [7, 11) is 0. The van der Waals surface area contributed by atoms with Crippen LogP contribution in [0.3, 0.4) is 0 Å². The van der Waals surface area contributed by atoms with Crippen molar-refractivity contribution >= 4 is 0 Å². The molecule has 2 N–H and O–H groups in total. The maximum Gasteiger partial charge on any atom is 0.109 e. The van der Waals surface area contributed by atoms with E-state index < -0.39 is 0 Å². The maximum absolute atomic E-state index is 5.75. The van der Waals surface area contributed by atoms with Crippen molar-refractivity contribution in [3.63, 3.8) is 0 Å². The first-order valence-corrected chi connectivity index (χ1v) is 7.70. The van der Waals surface area contributed by atoms with E-state index in [0.717, 1.165) is 31.9 Å². The summed E-state index contributed by atoms with van der Waals surface area (Å²) in [6.45, 7) is 4.90. The molecule has 0 spiro atoms. The van der Waals surface area contributed by atoms with E-state index in [1.165, 1.54) is 43.5 Å². The van der Waals surface area contributed by atoms with Crippen LogP contribution in [0.15, 0.2) is 0 Å². The van der Waals surface area contributed by atoms with Gasteiger partial charge in [0.1, 0.15) is 5.82 Å². The van der Waals surface area contributed by atoms with Crippen molar-refractivity contribution < 1.29 is 4.74 Å². The Bertz CT molecular complexity index is 404. The third-order valence-electron chi connectivity index (χ3n) is 4.39. The molecule has 1 saturated carbocycles. The molecule has 0 bridgehead atoms. The quantitative estimate of drug-likeness (QED) is 0.879. The van der Waals surface area contributed by atoms with Crippen molar-refractivity contribution in [2.75, 3.05) is 19.7 Å². The van der Waals surface area contributed by atoms with Crippen LogP contribution < -0.4 is 5.32 Å². The molecule has 1 unspecified atom stereocenters. The van der Waals surface area contributed by atoms with Gasteiger partial charge in [-0.25, -0.2) is 4.98 Å². The zero-order valence-electron chi connectivity index (χ0n) is 11.9. The standard InChI is InChI=1S/C15H25N3O/c1-11-15(12-5-3-2-4-6-12)18-14(17-11)9-13-10-16-7-8-19-13/h12-13,16H,2-10H2,1H3,(H,17,18). The number of nitrogens with one attached hydrogen (secondary N) is 2. The van der Waals surface area contributed by atoms with Crippen LogP contribution >= 0.6 is 0 Å². The van der Waals surface area contributed by atoms with Gasteiger partial charge in [-0.1, -0.05) is 19.3 Å². The van der Waals surface area contributed by atoms with E-state index in [1.807, 2.05) is 0 Å². The lowest BCUT2D eigenvalue weighted by Crippen LogP contribution is -2.39. The lowest BCUT2D eigenvalue weighted by Gasteiger charge is -2.22. The fourth-order valence-electron chi connectivity index (χ4n) is 3.37. The molecule has 0 amide bonds. The number of aromatic nitrogens is 2. The molecule has 19 heavy (non-hydrogen) atoms. The van der Waals surface area contributed by atoms with Crippen LogP contribution in [0.25, 0.3) is 0 Å². The molecule has 2 aliphatic rings. The molecule has 2 fully saturated rings. The number of hydrogen-bond acceptors (Lipinski definition) is 3. The van der Waals surface area contributed by atoms with Crippen molar-refractivity contribution in [1.29, 1.82) is 0 Å². The minimum atomic E-state index is 0.276. The minimum absolute atomic E-state index is 0.276. The number of nitrogens with zero attached hydrogens (tertiary/aromatic N) is 1. The number of aromatic amines is 1. The highest BCUT2D eigenvalue weighted by molar-refractivity contribution is 5.18. The van der Waals surface area contributed by atoms with E-state index in [1.54, 1.807) is 0 Å². The van der Waals surface area contributed by atoms with E-state index in [9.17, 15) is 0 Å². The smallest absolute Gasteiger partial charge is 0.109 e. The molecule has 106 valence electrons. The van der Waals surface area contributed by atoms with Crippen molar-refractivity contribution in [1.82, 2.24) is 15.3 Å². The molecule has 1 aliphatic carbocycles. The number of imidazole rings is 1. The van der Waals surface area contributed by atoms with Gasteiger partial charge in [-0.3, -0.25) is 0 Å². The summed E-state index contributed by atoms with van der Waals surface area (Å²) in [6.07, 6.45) is 7.93. The van der Waals surface area contributed by atoms with Gasteiger partial charge < -0.3 is 15.0 Å². The molecule has 1 atom stereocenters. The molecule has 1 saturated heterocycles. The van der Waals surface area contributed by atoms with Crippen LogP contribution in [-0.4, -0.2) is 35.8 Å². The normalized spacial score (nSPS) is 25.6. The summed E-state index contributed by atoms with van der Waals surface area (Å²) in [5, 5.41) is 3.37. The third kappa shape index (κ3) is 3.18. The van der Waals surface area contributed by atoms with E-state index in [0.29, 0.717) is 5.92 Å². The highest BCUT2D eigenvalue weighted by atomic mass is 16.5. The van der Waals surface area contributed by atoms with Gasteiger partial charge in [0.05, 0.1) is 18.4 Å². The van der Waals surface area contributed by atoms with E-state index in [2.05, 4.69) is 17.2 Å². The molecule has 1 aromatic rings. The van der Waals surface area contributed by atoms with Gasteiger partial charge in [0.2, 0.25) is 0 Å². The Kier molecular flexibility index (Phi) is 4.18. The summed E-state index contributed by atoms with van der Waals surface area (Å²) in [4.78, 5) is 8.33. The lowest BCUT2D eigenvalue weighted by molar-refractivity contribution is 0.0281. The summed E-state index contributed by atoms with van der Waals surface area (Å²) < 4.78 is 5.75. The Morgan fingerprint density at radius 1 is 1.26 bits per heavy atom. The summed E-state index contributed by atoms with van der Waals surface area (Å²) >= 11 is 0. The molecule has 1 aromatic heterocycles. The Balaban J connectivity index is 1.66. The number of hydrogen-bond donors (Lipinski definition) is 2. The van der Waals surface area contributed by atoms with Crippen LogP contribution in [0.1, 0.15) is 55.2 Å². The zero-order valence-corrected chi connectivity index (χ0v) is 11.9. The topological polar surface area (TPSA) is 49.9 Å². The Hall–Kier alpha value is -0.870. The second kappa shape index (κ2) is 6.06. The minimum Gasteiger partial charge on any atom is -0.375 e. The molecule has 0 radical (unpaired) electrons. The highest BCUT2D eigenvalue weighted by Gasteiger charge is 2.22. The molecule has 4 nitrogen and oxygen atoms in total. The van der Waals surface area contributed by atoms with Gasteiger partial charge in [-0.2, -0.15) is 0 Å². The van der Waals surface area contributed by atoms with Gasteiger partial charge in [-0.15, -0.1) is 0 Å². The van der Waals surface area contributed by atoms with Crippen molar-refractivity contribution in [2.24, 2.45) is 0 Å². The van der Waals surface area contributed by atoms with Crippen molar-refractivity contribution in [3.8, 4) is 0 Å². The van der Waals surface area contributed by atoms with Gasteiger partial charge in [0, 0.05) is 31.1 Å². The fourth-order valence-corrected chi connectivity index (χ4v) is 3.37. The number of rotatable bonds is 3. The lowest BCUT2D eigenvalue weighted by atomic mass is 9.86. The molecule has 3 rings (SSSR count). The highest BCUT2D eigenvalue weighted by Crippen LogP contribution is 2.33. The van der Waals surface area contributed by atoms with Gasteiger partial charge in [-0.05, 0) is 19.8 Å².